The van der Waals surface area contributed by atoms with E-state index in [0.717, 1.165) is 67.0 Å². The number of halogens is 2. The molecule has 0 bridgehead atoms. The summed E-state index contributed by atoms with van der Waals surface area (Å²) >= 11 is 6.69. The number of imide groups is 1. The first kappa shape index (κ1) is 44.7. The normalized spacial score (nSPS) is 16.4. The molecule has 342 valence electrons. The van der Waals surface area contributed by atoms with Crippen LogP contribution in [-0.2, 0) is 16.4 Å². The lowest BCUT2D eigenvalue weighted by Crippen LogP contribution is -2.53. The predicted molar refractivity (Wildman–Crippen MR) is 261 cm³/mol. The molecular weight excluding hydrogens is 880 g/mol. The van der Waals surface area contributed by atoms with Gasteiger partial charge >= 0.3 is 6.03 Å². The van der Waals surface area contributed by atoms with Gasteiger partial charge in [0.05, 0.1) is 36.6 Å². The summed E-state index contributed by atoms with van der Waals surface area (Å²) in [6.45, 7) is 8.35. The second-order valence-corrected chi connectivity index (χ2v) is 20.8. The predicted octanol–water partition coefficient (Wildman–Crippen LogP) is 8.32. The van der Waals surface area contributed by atoms with E-state index >= 15 is 4.39 Å². The molecule has 0 aliphatic carbocycles. The highest BCUT2D eigenvalue weighted by atomic mass is 35.5. The molecule has 3 saturated heterocycles. The van der Waals surface area contributed by atoms with E-state index in [2.05, 4.69) is 46.8 Å². The average Bonchev–Trinajstić information content (AvgIpc) is 3.76. The zero-order valence-corrected chi connectivity index (χ0v) is 39.0. The minimum Gasteiger partial charge on any atom is -0.494 e. The summed E-state index contributed by atoms with van der Waals surface area (Å²) in [5, 5.41) is 14.5. The van der Waals surface area contributed by atoms with Crippen molar-refractivity contribution in [1.29, 1.82) is 0 Å². The SMILES string of the molecule is COc1cc(N2CCC(N3CCN(c4ccc(N5CCC(=O)NC5=O)cc4F)CC3)CC2)c(-c2cnn(C)c2)cc1Nc1ncc(Cl)c(Nc2ccc(-c3ccccc3)cc2P(C)(C)=O)n1. The molecule has 5 heterocycles. The van der Waals surface area contributed by atoms with Gasteiger partial charge in [-0.3, -0.25) is 24.6 Å². The third-order valence-corrected chi connectivity index (χ3v) is 14.3. The van der Waals surface area contributed by atoms with Gasteiger partial charge in [-0.25, -0.2) is 14.2 Å². The summed E-state index contributed by atoms with van der Waals surface area (Å²) in [4.78, 5) is 41.6. The number of aromatic nitrogens is 4. The van der Waals surface area contributed by atoms with Crippen LogP contribution in [0, 0.1) is 5.82 Å². The first-order chi connectivity index (χ1) is 31.8. The van der Waals surface area contributed by atoms with E-state index in [9.17, 15) is 14.2 Å². The molecule has 0 radical (unpaired) electrons. The van der Waals surface area contributed by atoms with Crippen LogP contribution in [-0.4, -0.2) is 109 Å². The van der Waals surface area contributed by atoms with Gasteiger partial charge < -0.3 is 29.7 Å². The Morgan fingerprint density at radius 3 is 2.26 bits per heavy atom. The van der Waals surface area contributed by atoms with Gasteiger partial charge in [0.25, 0.3) is 0 Å². The number of aryl methyl sites for hydroxylation is 1. The Bertz CT molecular complexity index is 2830. The molecule has 0 atom stereocenters. The fraction of sp³-hybridized carbons (Fsp3) is 0.312. The van der Waals surface area contributed by atoms with Crippen molar-refractivity contribution in [2.75, 3.05) is 91.6 Å². The van der Waals surface area contributed by atoms with Gasteiger partial charge in [0.1, 0.15) is 23.7 Å². The maximum absolute atomic E-state index is 15.5. The number of ether oxygens (including phenoxy) is 1. The molecule has 4 aromatic carbocycles. The lowest BCUT2D eigenvalue weighted by Gasteiger charge is -2.44. The Labute approximate surface area is 388 Å². The number of benzene rings is 4. The van der Waals surface area contributed by atoms with Gasteiger partial charge in [-0.05, 0) is 73.7 Å². The molecule has 66 heavy (non-hydrogen) atoms. The molecule has 3 N–H and O–H groups in total. The summed E-state index contributed by atoms with van der Waals surface area (Å²) < 4.78 is 36.9. The number of rotatable bonds is 12. The summed E-state index contributed by atoms with van der Waals surface area (Å²) in [5.74, 6) is 0.540. The van der Waals surface area contributed by atoms with Crippen molar-refractivity contribution in [2.24, 2.45) is 7.05 Å². The Morgan fingerprint density at radius 2 is 1.58 bits per heavy atom. The van der Waals surface area contributed by atoms with Crippen molar-refractivity contribution in [3.8, 4) is 28.0 Å². The molecule has 0 unspecified atom stereocenters. The molecule has 3 aliphatic heterocycles. The van der Waals surface area contributed by atoms with Crippen molar-refractivity contribution in [1.82, 2.24) is 30.0 Å². The molecule has 3 fully saturated rings. The van der Waals surface area contributed by atoms with Gasteiger partial charge in [0, 0.05) is 105 Å². The number of nitrogens with one attached hydrogen (secondary N) is 3. The first-order valence-corrected chi connectivity index (χ1v) is 25.0. The third kappa shape index (κ3) is 9.58. The van der Waals surface area contributed by atoms with Gasteiger partial charge in [-0.1, -0.05) is 48.0 Å². The molecule has 15 nitrogen and oxygen atoms in total. The van der Waals surface area contributed by atoms with Crippen molar-refractivity contribution < 1.29 is 23.3 Å². The highest BCUT2D eigenvalue weighted by molar-refractivity contribution is 7.70. The van der Waals surface area contributed by atoms with Gasteiger partial charge in [-0.15, -0.1) is 0 Å². The van der Waals surface area contributed by atoms with Gasteiger partial charge in [0.15, 0.2) is 5.82 Å². The second-order valence-electron chi connectivity index (χ2n) is 17.2. The zero-order chi connectivity index (χ0) is 46.1. The van der Waals surface area contributed by atoms with E-state index in [1.54, 1.807) is 37.3 Å². The lowest BCUT2D eigenvalue weighted by molar-refractivity contribution is -0.120. The number of anilines is 7. The quantitative estimate of drug-likeness (QED) is 0.101. The molecule has 0 saturated carbocycles. The minimum atomic E-state index is -2.74. The largest absolute Gasteiger partial charge is 0.494 e. The maximum Gasteiger partial charge on any atom is 0.328 e. The average molecular weight is 932 g/mol. The number of piperidine rings is 1. The van der Waals surface area contributed by atoms with Gasteiger partial charge in [0.2, 0.25) is 11.9 Å². The number of piperazine rings is 1. The lowest BCUT2D eigenvalue weighted by atomic mass is 9.98. The number of nitrogens with zero attached hydrogens (tertiary/aromatic N) is 8. The molecule has 9 rings (SSSR count). The van der Waals surface area contributed by atoms with E-state index < -0.39 is 13.2 Å². The van der Waals surface area contributed by atoms with Crippen LogP contribution in [0.5, 0.6) is 5.75 Å². The number of hydrogen-bond acceptors (Lipinski definition) is 12. The molecule has 6 aromatic rings. The Balaban J connectivity index is 0.890. The minimum absolute atomic E-state index is 0.181. The van der Waals surface area contributed by atoms with Crippen LogP contribution in [0.3, 0.4) is 0 Å². The number of amides is 3. The summed E-state index contributed by atoms with van der Waals surface area (Å²) in [5.41, 5.74) is 7.17. The number of urea groups is 1. The van der Waals surface area contributed by atoms with E-state index in [0.29, 0.717) is 63.8 Å². The Hall–Kier alpha value is -6.48. The van der Waals surface area contributed by atoms with Crippen LogP contribution in [0.1, 0.15) is 19.3 Å². The monoisotopic (exact) mass is 931 g/mol. The van der Waals surface area contributed by atoms with E-state index in [-0.39, 0.29) is 30.6 Å². The smallest absolute Gasteiger partial charge is 0.328 e. The highest BCUT2D eigenvalue weighted by Gasteiger charge is 2.31. The molecule has 2 aromatic heterocycles. The van der Waals surface area contributed by atoms with Crippen molar-refractivity contribution >= 4 is 76.2 Å². The molecule has 18 heteroatoms. The van der Waals surface area contributed by atoms with Crippen LogP contribution in [0.4, 0.5) is 49.4 Å². The van der Waals surface area contributed by atoms with Crippen molar-refractivity contribution in [2.45, 2.75) is 25.3 Å². The van der Waals surface area contributed by atoms with Crippen molar-refractivity contribution in [3.05, 3.63) is 108 Å². The fourth-order valence-corrected chi connectivity index (χ4v) is 10.4. The second kappa shape index (κ2) is 18.8. The summed E-state index contributed by atoms with van der Waals surface area (Å²) in [7, 11) is 0.796. The summed E-state index contributed by atoms with van der Waals surface area (Å²) in [6.07, 6.45) is 7.46. The third-order valence-electron chi connectivity index (χ3n) is 12.5. The van der Waals surface area contributed by atoms with E-state index in [4.69, 9.17) is 21.3 Å². The van der Waals surface area contributed by atoms with Crippen LogP contribution < -0.4 is 40.7 Å². The van der Waals surface area contributed by atoms with Gasteiger partial charge in [-0.2, -0.15) is 10.1 Å². The van der Waals surface area contributed by atoms with E-state index in [1.807, 2.05) is 74.0 Å². The number of hydrogen-bond donors (Lipinski definition) is 3. The van der Waals surface area contributed by atoms with Crippen LogP contribution >= 0.6 is 18.7 Å². The molecule has 0 spiro atoms. The van der Waals surface area contributed by atoms with Crippen LogP contribution in [0.2, 0.25) is 5.02 Å². The van der Waals surface area contributed by atoms with Crippen LogP contribution in [0.15, 0.2) is 97.5 Å². The standard InChI is InChI=1S/C48H52ClFN11O4P/c1-57-30-33(28-52-57)36-26-40(54-47-51-29-37(49)46(56-47)53-39-12-10-32(24-44(39)66(3,4)64)31-8-6-5-7-9-31)43(65-2)27-42(36)59-17-14-34(15-18-59)58-20-22-60(23-21-58)41-13-11-35(25-38(41)50)61-19-16-45(62)55-48(61)63/h5-13,24-30,34H,14-23H2,1-4H3,(H,55,62,63)(H2,51,53,54,56). The molecule has 3 amide bonds. The number of methoxy groups -OCH3 is 1. The maximum atomic E-state index is 15.5. The first-order valence-electron chi connectivity index (χ1n) is 22.0. The zero-order valence-electron chi connectivity index (χ0n) is 37.3. The number of carbonyl (C=O) groups excluding carboxylic acids is 2. The Morgan fingerprint density at radius 1 is 0.818 bits per heavy atom. The van der Waals surface area contributed by atoms with Crippen molar-refractivity contribution in [3.63, 3.8) is 0 Å². The Kier molecular flexibility index (Phi) is 12.7. The fourth-order valence-electron chi connectivity index (χ4n) is 9.08. The number of carbonyl (C=O) groups is 2. The summed E-state index contributed by atoms with van der Waals surface area (Å²) in [6, 6.07) is 24.6. The molecule has 3 aliphatic rings. The highest BCUT2D eigenvalue weighted by Crippen LogP contribution is 2.43. The topological polar surface area (TPSA) is 153 Å². The molecular formula is C48H52ClFN11O4P. The van der Waals surface area contributed by atoms with Crippen LogP contribution in [0.25, 0.3) is 22.3 Å². The van der Waals surface area contributed by atoms with E-state index in [1.165, 1.54) is 17.2 Å².